The first-order valence-corrected chi connectivity index (χ1v) is 7.28. The minimum Gasteiger partial charge on any atom is -0.507 e. The summed E-state index contributed by atoms with van der Waals surface area (Å²) in [6.07, 6.45) is 2.74. The van der Waals surface area contributed by atoms with Crippen molar-refractivity contribution in [3.8, 4) is 5.75 Å². The number of benzene rings is 2. The molecule has 2 aromatic rings. The molecule has 2 aromatic carbocycles. The number of phenolic OH excluding ortho intramolecular Hbond substituents is 1. The lowest BCUT2D eigenvalue weighted by Crippen LogP contribution is -2.07. The van der Waals surface area contributed by atoms with E-state index in [2.05, 4.69) is 6.07 Å². The van der Waals surface area contributed by atoms with Crippen LogP contribution in [0.5, 0.6) is 5.75 Å². The first kappa shape index (κ1) is 11.9. The van der Waals surface area contributed by atoms with Crippen molar-refractivity contribution in [3.05, 3.63) is 36.4 Å². The Kier molecular flexibility index (Phi) is 3.43. The van der Waals surface area contributed by atoms with Gasteiger partial charge in [0, 0.05) is 22.6 Å². The van der Waals surface area contributed by atoms with E-state index in [0.29, 0.717) is 11.9 Å². The zero-order valence-corrected chi connectivity index (χ0v) is 11.0. The molecule has 3 heteroatoms. The molecule has 0 aromatic heterocycles. The fourth-order valence-corrected chi connectivity index (χ4v) is 3.47. The summed E-state index contributed by atoms with van der Waals surface area (Å²) < 4.78 is 5.64. The second kappa shape index (κ2) is 5.21. The largest absolute Gasteiger partial charge is 0.507 e. The predicted octanol–water partition coefficient (Wildman–Crippen LogP) is 3.82. The second-order valence-corrected chi connectivity index (χ2v) is 5.64. The van der Waals surface area contributed by atoms with E-state index in [1.807, 2.05) is 36.0 Å². The summed E-state index contributed by atoms with van der Waals surface area (Å²) in [7, 11) is 0. The van der Waals surface area contributed by atoms with E-state index in [1.54, 1.807) is 6.07 Å². The van der Waals surface area contributed by atoms with Gasteiger partial charge in [-0.1, -0.05) is 24.3 Å². The minimum absolute atomic E-state index is 0.354. The van der Waals surface area contributed by atoms with Gasteiger partial charge in [-0.15, -0.1) is 11.8 Å². The molecule has 3 rings (SSSR count). The molecule has 18 heavy (non-hydrogen) atoms. The third kappa shape index (κ3) is 2.33. The van der Waals surface area contributed by atoms with E-state index >= 15 is 0 Å². The van der Waals surface area contributed by atoms with Crippen LogP contribution < -0.4 is 0 Å². The number of hydrogen-bond acceptors (Lipinski definition) is 3. The molecule has 1 aliphatic heterocycles. The Labute approximate surface area is 111 Å². The average Bonchev–Trinajstić information content (AvgIpc) is 2.92. The molecule has 1 heterocycles. The molecule has 0 bridgehead atoms. The van der Waals surface area contributed by atoms with E-state index in [9.17, 15) is 5.11 Å². The van der Waals surface area contributed by atoms with Gasteiger partial charge in [-0.2, -0.15) is 0 Å². The quantitative estimate of drug-likeness (QED) is 0.851. The van der Waals surface area contributed by atoms with E-state index in [4.69, 9.17) is 4.74 Å². The number of aromatic hydroxyl groups is 1. The van der Waals surface area contributed by atoms with Gasteiger partial charge in [0.2, 0.25) is 0 Å². The molecule has 1 aliphatic rings. The summed E-state index contributed by atoms with van der Waals surface area (Å²) in [4.78, 5) is 1.22. The Morgan fingerprint density at radius 2 is 2.00 bits per heavy atom. The number of ether oxygens (including phenoxy) is 1. The van der Waals surface area contributed by atoms with Gasteiger partial charge in [-0.25, -0.2) is 0 Å². The third-order valence-corrected chi connectivity index (χ3v) is 4.52. The van der Waals surface area contributed by atoms with Crippen molar-refractivity contribution in [2.75, 3.05) is 12.4 Å². The lowest BCUT2D eigenvalue weighted by Gasteiger charge is -2.11. The molecule has 1 fully saturated rings. The maximum atomic E-state index is 9.84. The molecule has 0 amide bonds. The topological polar surface area (TPSA) is 29.5 Å². The number of rotatable bonds is 3. The normalized spacial score (nSPS) is 19.4. The number of thioether (sulfide) groups is 1. The molecule has 94 valence electrons. The average molecular weight is 260 g/mol. The van der Waals surface area contributed by atoms with Crippen LogP contribution in [0.4, 0.5) is 0 Å². The number of hydrogen-bond donors (Lipinski definition) is 1. The minimum atomic E-state index is 0.354. The van der Waals surface area contributed by atoms with Crippen LogP contribution in [0.15, 0.2) is 41.3 Å². The monoisotopic (exact) mass is 260 g/mol. The highest BCUT2D eigenvalue weighted by atomic mass is 32.2. The molecule has 2 nitrogen and oxygen atoms in total. The van der Waals surface area contributed by atoms with Crippen LogP contribution in [0.2, 0.25) is 0 Å². The zero-order chi connectivity index (χ0) is 12.4. The third-order valence-electron chi connectivity index (χ3n) is 3.31. The van der Waals surface area contributed by atoms with Crippen LogP contribution in [-0.2, 0) is 4.74 Å². The van der Waals surface area contributed by atoms with Gasteiger partial charge in [0.1, 0.15) is 5.75 Å². The Hall–Kier alpha value is -1.19. The molecule has 0 aliphatic carbocycles. The van der Waals surface area contributed by atoms with Gasteiger partial charge in [-0.05, 0) is 30.4 Å². The molecule has 1 atom stereocenters. The van der Waals surface area contributed by atoms with Crippen molar-refractivity contribution in [2.45, 2.75) is 23.8 Å². The molecule has 0 radical (unpaired) electrons. The zero-order valence-electron chi connectivity index (χ0n) is 10.1. The van der Waals surface area contributed by atoms with Crippen molar-refractivity contribution in [2.24, 2.45) is 0 Å². The van der Waals surface area contributed by atoms with Crippen molar-refractivity contribution < 1.29 is 9.84 Å². The summed E-state index contributed by atoms with van der Waals surface area (Å²) in [5, 5.41) is 11.9. The van der Waals surface area contributed by atoms with Gasteiger partial charge in [-0.3, -0.25) is 0 Å². The van der Waals surface area contributed by atoms with Crippen LogP contribution in [0.1, 0.15) is 12.8 Å². The van der Waals surface area contributed by atoms with Gasteiger partial charge in [0.05, 0.1) is 6.10 Å². The standard InChI is InChI=1S/C15H16O2S/c16-14-7-8-15(13-6-2-1-5-12(13)14)18-10-11-4-3-9-17-11/h1-2,5-8,11,16H,3-4,9-10H2. The van der Waals surface area contributed by atoms with Crippen LogP contribution in [0.25, 0.3) is 10.8 Å². The highest BCUT2D eigenvalue weighted by Gasteiger charge is 2.16. The van der Waals surface area contributed by atoms with Crippen molar-refractivity contribution in [1.29, 1.82) is 0 Å². The summed E-state index contributed by atoms with van der Waals surface area (Å²) in [5.74, 6) is 1.35. The molecular weight excluding hydrogens is 244 g/mol. The van der Waals surface area contributed by atoms with E-state index in [1.165, 1.54) is 17.7 Å². The molecule has 1 N–H and O–H groups in total. The van der Waals surface area contributed by atoms with E-state index < -0.39 is 0 Å². The van der Waals surface area contributed by atoms with Crippen molar-refractivity contribution in [1.82, 2.24) is 0 Å². The highest BCUT2D eigenvalue weighted by Crippen LogP contribution is 2.34. The molecule has 0 spiro atoms. The molecule has 1 unspecified atom stereocenters. The maximum Gasteiger partial charge on any atom is 0.123 e. The maximum absolute atomic E-state index is 9.84. The Morgan fingerprint density at radius 1 is 1.17 bits per heavy atom. The van der Waals surface area contributed by atoms with E-state index in [-0.39, 0.29) is 0 Å². The van der Waals surface area contributed by atoms with Crippen LogP contribution in [0, 0.1) is 0 Å². The first-order valence-electron chi connectivity index (χ1n) is 6.30. The Bertz CT molecular complexity index is 547. The lowest BCUT2D eigenvalue weighted by molar-refractivity contribution is 0.129. The molecule has 1 saturated heterocycles. The fourth-order valence-electron chi connectivity index (χ4n) is 2.34. The second-order valence-electron chi connectivity index (χ2n) is 4.57. The van der Waals surface area contributed by atoms with Crippen LogP contribution >= 0.6 is 11.8 Å². The van der Waals surface area contributed by atoms with Gasteiger partial charge >= 0.3 is 0 Å². The smallest absolute Gasteiger partial charge is 0.123 e. The summed E-state index contributed by atoms with van der Waals surface area (Å²) in [6, 6.07) is 11.8. The van der Waals surface area contributed by atoms with Crippen molar-refractivity contribution in [3.63, 3.8) is 0 Å². The summed E-state index contributed by atoms with van der Waals surface area (Å²) >= 11 is 1.82. The van der Waals surface area contributed by atoms with Crippen LogP contribution in [0.3, 0.4) is 0 Å². The van der Waals surface area contributed by atoms with Gasteiger partial charge in [0.15, 0.2) is 0 Å². The van der Waals surface area contributed by atoms with Crippen molar-refractivity contribution >= 4 is 22.5 Å². The number of phenols is 1. The fraction of sp³-hybridized carbons (Fsp3) is 0.333. The first-order chi connectivity index (χ1) is 8.84. The molecule has 0 saturated carbocycles. The SMILES string of the molecule is Oc1ccc(SCC2CCCO2)c2ccccc12. The summed E-state index contributed by atoms with van der Waals surface area (Å²) in [5.41, 5.74) is 0. The Balaban J connectivity index is 1.85. The highest BCUT2D eigenvalue weighted by molar-refractivity contribution is 7.99. The molecular formula is C15H16O2S. The Morgan fingerprint density at radius 3 is 2.78 bits per heavy atom. The van der Waals surface area contributed by atoms with Gasteiger partial charge in [0.25, 0.3) is 0 Å². The van der Waals surface area contributed by atoms with E-state index in [0.717, 1.165) is 23.1 Å². The number of fused-ring (bicyclic) bond motifs is 1. The predicted molar refractivity (Wildman–Crippen MR) is 75.3 cm³/mol. The lowest BCUT2D eigenvalue weighted by atomic mass is 10.1. The summed E-state index contributed by atoms with van der Waals surface area (Å²) in [6.45, 7) is 0.904. The van der Waals surface area contributed by atoms with Crippen LogP contribution in [-0.4, -0.2) is 23.6 Å². The van der Waals surface area contributed by atoms with Gasteiger partial charge < -0.3 is 9.84 Å².